The number of carbonyl (C=O) groups excluding carboxylic acids is 2. The zero-order valence-corrected chi connectivity index (χ0v) is 17.4. The molecule has 160 valence electrons. The molecule has 6 nitrogen and oxygen atoms in total. The number of benzene rings is 3. The summed E-state index contributed by atoms with van der Waals surface area (Å²) in [4.78, 5) is 26.7. The monoisotopic (exact) mass is 421 g/mol. The third-order valence-corrected chi connectivity index (χ3v) is 4.66. The van der Waals surface area contributed by atoms with Gasteiger partial charge in [-0.15, -0.1) is 0 Å². The first kappa shape index (κ1) is 21.8. The Morgan fingerprint density at radius 3 is 2.19 bits per heavy atom. The van der Waals surface area contributed by atoms with Crippen LogP contribution in [-0.4, -0.2) is 32.1 Å². The van der Waals surface area contributed by atoms with Crippen molar-refractivity contribution in [2.45, 2.75) is 6.92 Å². The van der Waals surface area contributed by atoms with Gasteiger partial charge in [-0.25, -0.2) is 9.18 Å². The van der Waals surface area contributed by atoms with Gasteiger partial charge in [0.25, 0.3) is 5.91 Å². The topological polar surface area (TPSA) is 70.7 Å². The molecule has 0 bridgehead atoms. The molecule has 7 heteroatoms. The van der Waals surface area contributed by atoms with E-state index < -0.39 is 11.8 Å². The molecule has 2 N–H and O–H groups in total. The van der Waals surface area contributed by atoms with Crippen LogP contribution in [0.3, 0.4) is 0 Å². The maximum Gasteiger partial charge on any atom is 0.326 e. The molecule has 3 amide bonds. The number of hydrogen-bond acceptors (Lipinski definition) is 3. The van der Waals surface area contributed by atoms with Crippen LogP contribution in [0.1, 0.15) is 15.9 Å². The SMILES string of the molecule is COc1ccc(NC(=O)N(CCNC(=O)c2ccc(C)cc2)c2ccc(F)cc2)cc1. The predicted octanol–water partition coefficient (Wildman–Crippen LogP) is 4.61. The summed E-state index contributed by atoms with van der Waals surface area (Å²) >= 11 is 0. The zero-order valence-electron chi connectivity index (χ0n) is 17.4. The summed E-state index contributed by atoms with van der Waals surface area (Å²) in [5.74, 6) is 0.0498. The Bertz CT molecular complexity index is 1020. The van der Waals surface area contributed by atoms with E-state index in [-0.39, 0.29) is 19.0 Å². The molecule has 0 saturated heterocycles. The van der Waals surface area contributed by atoms with Gasteiger partial charge in [-0.2, -0.15) is 0 Å². The molecule has 0 unspecified atom stereocenters. The van der Waals surface area contributed by atoms with Crippen LogP contribution in [0.15, 0.2) is 72.8 Å². The summed E-state index contributed by atoms with van der Waals surface area (Å²) in [5.41, 5.74) is 2.70. The molecule has 0 heterocycles. The van der Waals surface area contributed by atoms with E-state index in [0.29, 0.717) is 22.7 Å². The van der Waals surface area contributed by atoms with Crippen molar-refractivity contribution in [2.24, 2.45) is 0 Å². The van der Waals surface area contributed by atoms with Crippen molar-refractivity contribution in [3.05, 3.63) is 89.7 Å². The molecule has 0 radical (unpaired) electrons. The Kier molecular flexibility index (Phi) is 7.22. The number of hydrogen-bond donors (Lipinski definition) is 2. The van der Waals surface area contributed by atoms with E-state index in [1.54, 1.807) is 43.5 Å². The van der Waals surface area contributed by atoms with Crippen LogP contribution >= 0.6 is 0 Å². The lowest BCUT2D eigenvalue weighted by atomic mass is 10.1. The van der Waals surface area contributed by atoms with Crippen molar-refractivity contribution in [1.29, 1.82) is 0 Å². The number of aryl methyl sites for hydroxylation is 1. The Labute approximate surface area is 180 Å². The first-order chi connectivity index (χ1) is 15.0. The van der Waals surface area contributed by atoms with E-state index in [1.165, 1.54) is 29.2 Å². The molecule has 0 atom stereocenters. The van der Waals surface area contributed by atoms with Crippen LogP contribution in [-0.2, 0) is 0 Å². The molecular weight excluding hydrogens is 397 g/mol. The molecule has 31 heavy (non-hydrogen) atoms. The Balaban J connectivity index is 1.68. The van der Waals surface area contributed by atoms with Gasteiger partial charge in [0, 0.05) is 30.0 Å². The zero-order chi connectivity index (χ0) is 22.2. The third-order valence-electron chi connectivity index (χ3n) is 4.66. The highest BCUT2D eigenvalue weighted by Crippen LogP contribution is 2.19. The summed E-state index contributed by atoms with van der Waals surface area (Å²) in [7, 11) is 1.56. The number of amides is 3. The van der Waals surface area contributed by atoms with Crippen LogP contribution in [0.5, 0.6) is 5.75 Å². The first-order valence-electron chi connectivity index (χ1n) is 9.79. The normalized spacial score (nSPS) is 10.3. The Hall–Kier alpha value is -3.87. The van der Waals surface area contributed by atoms with E-state index >= 15 is 0 Å². The van der Waals surface area contributed by atoms with E-state index in [0.717, 1.165) is 5.56 Å². The van der Waals surface area contributed by atoms with Crippen LogP contribution < -0.4 is 20.3 Å². The van der Waals surface area contributed by atoms with Crippen molar-refractivity contribution in [3.63, 3.8) is 0 Å². The van der Waals surface area contributed by atoms with Crippen LogP contribution in [0.2, 0.25) is 0 Å². The molecule has 0 aliphatic carbocycles. The van der Waals surface area contributed by atoms with Gasteiger partial charge in [0.2, 0.25) is 0 Å². The lowest BCUT2D eigenvalue weighted by Crippen LogP contribution is -2.41. The van der Waals surface area contributed by atoms with Crippen LogP contribution in [0.4, 0.5) is 20.6 Å². The minimum Gasteiger partial charge on any atom is -0.497 e. The second-order valence-electron chi connectivity index (χ2n) is 6.91. The molecule has 0 saturated carbocycles. The van der Waals surface area contributed by atoms with Gasteiger partial charge < -0.3 is 15.4 Å². The highest BCUT2D eigenvalue weighted by atomic mass is 19.1. The smallest absolute Gasteiger partial charge is 0.326 e. The number of anilines is 2. The van der Waals surface area contributed by atoms with Crippen molar-refractivity contribution in [3.8, 4) is 5.75 Å². The number of nitrogens with zero attached hydrogens (tertiary/aromatic N) is 1. The van der Waals surface area contributed by atoms with Crippen LogP contribution in [0, 0.1) is 12.7 Å². The maximum absolute atomic E-state index is 13.4. The van der Waals surface area contributed by atoms with Crippen molar-refractivity contribution < 1.29 is 18.7 Å². The number of urea groups is 1. The minimum absolute atomic E-state index is 0.200. The van der Waals surface area contributed by atoms with Gasteiger partial charge in [-0.05, 0) is 67.6 Å². The standard InChI is InChI=1S/C24H24FN3O3/c1-17-3-5-18(6-4-17)23(29)26-15-16-28(21-11-7-19(25)8-12-21)24(30)27-20-9-13-22(31-2)14-10-20/h3-14H,15-16H2,1-2H3,(H,26,29)(H,27,30). The fourth-order valence-corrected chi connectivity index (χ4v) is 2.92. The minimum atomic E-state index is -0.402. The molecule has 0 spiro atoms. The average Bonchev–Trinajstić information content (AvgIpc) is 2.78. The summed E-state index contributed by atoms with van der Waals surface area (Å²) in [6.07, 6.45) is 0. The molecule has 0 aromatic heterocycles. The molecule has 3 rings (SSSR count). The number of carbonyl (C=O) groups is 2. The summed E-state index contributed by atoms with van der Waals surface area (Å²) in [6, 6.07) is 19.3. The van der Waals surface area contributed by atoms with E-state index in [9.17, 15) is 14.0 Å². The Morgan fingerprint density at radius 1 is 0.935 bits per heavy atom. The largest absolute Gasteiger partial charge is 0.497 e. The number of methoxy groups -OCH3 is 1. The van der Waals surface area contributed by atoms with Gasteiger partial charge in [-0.1, -0.05) is 17.7 Å². The summed E-state index contributed by atoms with van der Waals surface area (Å²) in [6.45, 7) is 2.37. The fourth-order valence-electron chi connectivity index (χ4n) is 2.92. The molecular formula is C24H24FN3O3. The summed E-state index contributed by atoms with van der Waals surface area (Å²) in [5, 5.41) is 5.62. The second-order valence-corrected chi connectivity index (χ2v) is 6.91. The van der Waals surface area contributed by atoms with Gasteiger partial charge in [0.15, 0.2) is 0 Å². The number of ether oxygens (including phenoxy) is 1. The van der Waals surface area contributed by atoms with Crippen molar-refractivity contribution in [1.82, 2.24) is 5.32 Å². The number of rotatable bonds is 7. The molecule has 0 aliphatic heterocycles. The van der Waals surface area contributed by atoms with E-state index in [1.807, 2.05) is 19.1 Å². The lowest BCUT2D eigenvalue weighted by molar-refractivity contribution is 0.0954. The van der Waals surface area contributed by atoms with Gasteiger partial charge in [-0.3, -0.25) is 9.69 Å². The molecule has 0 fully saturated rings. The van der Waals surface area contributed by atoms with Gasteiger partial charge in [0.1, 0.15) is 11.6 Å². The van der Waals surface area contributed by atoms with Crippen molar-refractivity contribution in [2.75, 3.05) is 30.4 Å². The van der Waals surface area contributed by atoms with Gasteiger partial charge in [0.05, 0.1) is 7.11 Å². The molecule has 3 aromatic rings. The second kappa shape index (κ2) is 10.2. The van der Waals surface area contributed by atoms with E-state index in [2.05, 4.69) is 10.6 Å². The number of nitrogens with one attached hydrogen (secondary N) is 2. The first-order valence-corrected chi connectivity index (χ1v) is 9.79. The molecule has 0 aliphatic rings. The lowest BCUT2D eigenvalue weighted by Gasteiger charge is -2.23. The number of halogens is 1. The Morgan fingerprint density at radius 2 is 1.58 bits per heavy atom. The van der Waals surface area contributed by atoms with Crippen LogP contribution in [0.25, 0.3) is 0 Å². The van der Waals surface area contributed by atoms with Gasteiger partial charge >= 0.3 is 6.03 Å². The highest BCUT2D eigenvalue weighted by Gasteiger charge is 2.17. The molecule has 3 aromatic carbocycles. The maximum atomic E-state index is 13.4. The predicted molar refractivity (Wildman–Crippen MR) is 119 cm³/mol. The highest BCUT2D eigenvalue weighted by molar-refractivity contribution is 6.02. The average molecular weight is 421 g/mol. The van der Waals surface area contributed by atoms with Crippen molar-refractivity contribution >= 4 is 23.3 Å². The quantitative estimate of drug-likeness (QED) is 0.585. The third kappa shape index (κ3) is 6.05. The fraction of sp³-hybridized carbons (Fsp3) is 0.167. The summed E-state index contributed by atoms with van der Waals surface area (Å²) < 4.78 is 18.5. The van der Waals surface area contributed by atoms with E-state index in [4.69, 9.17) is 4.74 Å².